The minimum atomic E-state index is -2.90. The molecule has 0 aromatic carbocycles. The molecule has 0 bridgehead atoms. The van der Waals surface area contributed by atoms with Crippen LogP contribution in [-0.2, 0) is 16.4 Å². The summed E-state index contributed by atoms with van der Waals surface area (Å²) in [5, 5.41) is 3.12. The number of hydrogen-bond donors (Lipinski definition) is 1. The second-order valence-electron chi connectivity index (χ2n) is 4.82. The van der Waals surface area contributed by atoms with Gasteiger partial charge >= 0.3 is 0 Å². The highest BCUT2D eigenvalue weighted by atomic mass is 79.9. The van der Waals surface area contributed by atoms with Crippen molar-refractivity contribution >= 4 is 31.6 Å². The van der Waals surface area contributed by atoms with E-state index in [4.69, 9.17) is 0 Å². The van der Waals surface area contributed by atoms with Crippen LogP contribution in [0.3, 0.4) is 0 Å². The minimum Gasteiger partial charge on any atom is -0.352 e. The summed E-state index contributed by atoms with van der Waals surface area (Å²) in [6.45, 7) is 3.15. The topological polar surface area (TPSA) is 62.3 Å². The molecule has 1 aromatic rings. The lowest BCUT2D eigenvalue weighted by molar-refractivity contribution is 0.566. The van der Waals surface area contributed by atoms with E-state index in [1.54, 1.807) is 6.20 Å². The molecule has 1 saturated heterocycles. The van der Waals surface area contributed by atoms with Gasteiger partial charge in [0.2, 0.25) is 0 Å². The van der Waals surface area contributed by atoms with Crippen LogP contribution in [0.25, 0.3) is 0 Å². The van der Waals surface area contributed by atoms with Crippen LogP contribution in [0.5, 0.6) is 0 Å². The molecule has 0 radical (unpaired) electrons. The SMILES string of the molecule is CNCc1cc(Br)cnc1N1CCS(=O)(=O)CC1C. The van der Waals surface area contributed by atoms with Gasteiger partial charge in [-0.05, 0) is 36.0 Å². The van der Waals surface area contributed by atoms with E-state index in [-0.39, 0.29) is 17.5 Å². The van der Waals surface area contributed by atoms with Crippen LogP contribution < -0.4 is 10.2 Å². The summed E-state index contributed by atoms with van der Waals surface area (Å²) >= 11 is 3.42. The fraction of sp³-hybridized carbons (Fsp3) is 0.583. The van der Waals surface area contributed by atoms with E-state index in [9.17, 15) is 8.42 Å². The molecular weight excluding hydrogens is 330 g/mol. The Labute approximate surface area is 122 Å². The zero-order chi connectivity index (χ0) is 14.0. The van der Waals surface area contributed by atoms with Gasteiger partial charge in [0.1, 0.15) is 5.82 Å². The number of rotatable bonds is 3. The lowest BCUT2D eigenvalue weighted by atomic mass is 10.2. The molecule has 1 fully saturated rings. The van der Waals surface area contributed by atoms with Gasteiger partial charge in [0.25, 0.3) is 0 Å². The largest absolute Gasteiger partial charge is 0.352 e. The molecule has 5 nitrogen and oxygen atoms in total. The molecule has 0 saturated carbocycles. The van der Waals surface area contributed by atoms with Gasteiger partial charge in [0.05, 0.1) is 11.5 Å². The second kappa shape index (κ2) is 5.76. The maximum atomic E-state index is 11.6. The van der Waals surface area contributed by atoms with Crippen molar-refractivity contribution in [1.82, 2.24) is 10.3 Å². The normalized spacial score (nSPS) is 22.5. The molecule has 1 aliphatic heterocycles. The van der Waals surface area contributed by atoms with Crippen LogP contribution in [0.15, 0.2) is 16.7 Å². The van der Waals surface area contributed by atoms with E-state index in [1.807, 2.05) is 20.0 Å². The zero-order valence-corrected chi connectivity index (χ0v) is 13.5. The molecule has 0 amide bonds. The van der Waals surface area contributed by atoms with Crippen LogP contribution in [0, 0.1) is 0 Å². The number of hydrogen-bond acceptors (Lipinski definition) is 5. The predicted octanol–water partition coefficient (Wildman–Crippen LogP) is 1.19. The highest BCUT2D eigenvalue weighted by Crippen LogP contribution is 2.25. The summed E-state index contributed by atoms with van der Waals surface area (Å²) in [4.78, 5) is 6.55. The summed E-state index contributed by atoms with van der Waals surface area (Å²) in [6.07, 6.45) is 1.75. The Morgan fingerprint density at radius 3 is 2.95 bits per heavy atom. The number of halogens is 1. The summed E-state index contributed by atoms with van der Waals surface area (Å²) in [5.41, 5.74) is 1.07. The van der Waals surface area contributed by atoms with Gasteiger partial charge in [-0.2, -0.15) is 0 Å². The number of nitrogens with one attached hydrogen (secondary N) is 1. The Balaban J connectivity index is 2.31. The van der Waals surface area contributed by atoms with Crippen molar-refractivity contribution < 1.29 is 8.42 Å². The maximum Gasteiger partial charge on any atom is 0.154 e. The Hall–Kier alpha value is -0.660. The molecule has 1 aliphatic rings. The van der Waals surface area contributed by atoms with E-state index < -0.39 is 9.84 Å². The molecule has 2 heterocycles. The summed E-state index contributed by atoms with van der Waals surface area (Å²) in [6, 6.07) is 1.98. The van der Waals surface area contributed by atoms with Crippen molar-refractivity contribution in [2.45, 2.75) is 19.5 Å². The van der Waals surface area contributed by atoms with Crippen LogP contribution in [0.2, 0.25) is 0 Å². The fourth-order valence-corrected chi connectivity index (χ4v) is 4.30. The third-order valence-corrected chi connectivity index (χ3v) is 5.45. The number of aromatic nitrogens is 1. The highest BCUT2D eigenvalue weighted by molar-refractivity contribution is 9.10. The third-order valence-electron chi connectivity index (χ3n) is 3.22. The number of anilines is 1. The number of pyridine rings is 1. The van der Waals surface area contributed by atoms with Crippen molar-refractivity contribution in [1.29, 1.82) is 0 Å². The molecule has 0 spiro atoms. The molecular formula is C12H18BrN3O2S. The molecule has 1 unspecified atom stereocenters. The highest BCUT2D eigenvalue weighted by Gasteiger charge is 2.30. The standard InChI is InChI=1S/C12H18BrN3O2S/c1-9-8-19(17,18)4-3-16(9)12-10(6-14-2)5-11(13)7-15-12/h5,7,9,14H,3-4,6,8H2,1-2H3. The van der Waals surface area contributed by atoms with Gasteiger partial charge in [-0.25, -0.2) is 13.4 Å². The Kier molecular flexibility index (Phi) is 4.47. The first-order valence-corrected chi connectivity index (χ1v) is 8.80. The summed E-state index contributed by atoms with van der Waals surface area (Å²) in [7, 11) is -1.02. The third kappa shape index (κ3) is 3.46. The van der Waals surface area contributed by atoms with Crippen LogP contribution in [-0.4, -0.2) is 44.5 Å². The average Bonchev–Trinajstić information content (AvgIpc) is 2.30. The quantitative estimate of drug-likeness (QED) is 0.889. The van der Waals surface area contributed by atoms with Gasteiger partial charge in [-0.15, -0.1) is 0 Å². The van der Waals surface area contributed by atoms with Crippen molar-refractivity contribution in [3.8, 4) is 0 Å². The Morgan fingerprint density at radius 1 is 1.58 bits per heavy atom. The van der Waals surface area contributed by atoms with Crippen molar-refractivity contribution in [2.75, 3.05) is 30.0 Å². The van der Waals surface area contributed by atoms with E-state index >= 15 is 0 Å². The molecule has 1 atom stereocenters. The van der Waals surface area contributed by atoms with Gasteiger partial charge in [-0.1, -0.05) is 0 Å². The molecule has 2 rings (SSSR count). The monoisotopic (exact) mass is 347 g/mol. The smallest absolute Gasteiger partial charge is 0.154 e. The van der Waals surface area contributed by atoms with Gasteiger partial charge < -0.3 is 10.2 Å². The van der Waals surface area contributed by atoms with Crippen LogP contribution >= 0.6 is 15.9 Å². The molecule has 1 N–H and O–H groups in total. The van der Waals surface area contributed by atoms with Gasteiger partial charge in [0, 0.05) is 35.4 Å². The first-order chi connectivity index (χ1) is 8.93. The molecule has 7 heteroatoms. The maximum absolute atomic E-state index is 11.6. The lowest BCUT2D eigenvalue weighted by Crippen LogP contribution is -2.47. The summed E-state index contributed by atoms with van der Waals surface area (Å²) in [5.74, 6) is 1.28. The average molecular weight is 348 g/mol. The Bertz CT molecular complexity index is 562. The summed E-state index contributed by atoms with van der Waals surface area (Å²) < 4.78 is 24.2. The van der Waals surface area contributed by atoms with E-state index in [0.717, 1.165) is 15.9 Å². The first-order valence-electron chi connectivity index (χ1n) is 6.19. The first kappa shape index (κ1) is 14.7. The molecule has 19 heavy (non-hydrogen) atoms. The van der Waals surface area contributed by atoms with Crippen LogP contribution in [0.4, 0.5) is 5.82 Å². The van der Waals surface area contributed by atoms with Gasteiger partial charge in [0.15, 0.2) is 9.84 Å². The molecule has 106 valence electrons. The van der Waals surface area contributed by atoms with Gasteiger partial charge in [-0.3, -0.25) is 0 Å². The second-order valence-corrected chi connectivity index (χ2v) is 7.97. The Morgan fingerprint density at radius 2 is 2.32 bits per heavy atom. The fourth-order valence-electron chi connectivity index (χ4n) is 2.37. The lowest BCUT2D eigenvalue weighted by Gasteiger charge is -2.35. The molecule has 1 aromatic heterocycles. The van der Waals surface area contributed by atoms with E-state index in [2.05, 4.69) is 31.1 Å². The van der Waals surface area contributed by atoms with E-state index in [1.165, 1.54) is 0 Å². The number of sulfone groups is 1. The van der Waals surface area contributed by atoms with E-state index in [0.29, 0.717) is 13.1 Å². The number of nitrogens with zero attached hydrogens (tertiary/aromatic N) is 2. The zero-order valence-electron chi connectivity index (χ0n) is 11.1. The minimum absolute atomic E-state index is 0.0389. The van der Waals surface area contributed by atoms with Crippen molar-refractivity contribution in [2.24, 2.45) is 0 Å². The molecule has 0 aliphatic carbocycles. The van der Waals surface area contributed by atoms with Crippen molar-refractivity contribution in [3.63, 3.8) is 0 Å². The predicted molar refractivity (Wildman–Crippen MR) is 80.2 cm³/mol. The van der Waals surface area contributed by atoms with Crippen LogP contribution in [0.1, 0.15) is 12.5 Å². The van der Waals surface area contributed by atoms with Crippen molar-refractivity contribution in [3.05, 3.63) is 22.3 Å².